The van der Waals surface area contributed by atoms with Gasteiger partial charge in [-0.15, -0.1) is 0 Å². The highest BCUT2D eigenvalue weighted by Crippen LogP contribution is 2.32. The number of aryl methyl sites for hydroxylation is 1. The third-order valence-corrected chi connectivity index (χ3v) is 4.41. The van der Waals surface area contributed by atoms with Gasteiger partial charge in [0.1, 0.15) is 5.56 Å². The molecule has 2 N–H and O–H groups in total. The molecule has 0 aliphatic carbocycles. The molecule has 2 aromatic rings. The summed E-state index contributed by atoms with van der Waals surface area (Å²) in [5, 5.41) is 17.8. The van der Waals surface area contributed by atoms with Crippen LogP contribution in [0, 0.1) is 0 Å². The fourth-order valence-electron chi connectivity index (χ4n) is 2.67. The molecule has 0 radical (unpaired) electrons. The van der Waals surface area contributed by atoms with Crippen molar-refractivity contribution < 1.29 is 9.90 Å². The number of pyridine rings is 1. The van der Waals surface area contributed by atoms with Gasteiger partial charge in [0.2, 0.25) is 0 Å². The Morgan fingerprint density at radius 2 is 1.90 bits per heavy atom. The number of nitrogens with zero attached hydrogens (tertiary/aromatic N) is 3. The molecule has 2 heterocycles. The van der Waals surface area contributed by atoms with E-state index in [-0.39, 0.29) is 11.1 Å². The van der Waals surface area contributed by atoms with Gasteiger partial charge in [0.05, 0.1) is 17.3 Å². The van der Waals surface area contributed by atoms with E-state index in [1.165, 1.54) is 6.20 Å². The number of carboxylic acid groups (broad SMARTS) is 1. The summed E-state index contributed by atoms with van der Waals surface area (Å²) in [6, 6.07) is 0. The van der Waals surface area contributed by atoms with Gasteiger partial charge in [-0.25, -0.2) is 9.78 Å². The quantitative estimate of drug-likeness (QED) is 0.854. The molecule has 2 rings (SSSR count). The van der Waals surface area contributed by atoms with Gasteiger partial charge in [-0.3, -0.25) is 4.68 Å². The predicted molar refractivity (Wildman–Crippen MR) is 82.7 cm³/mol. The van der Waals surface area contributed by atoms with E-state index in [0.717, 1.165) is 24.6 Å². The maximum Gasteiger partial charge on any atom is 0.339 e. The number of fused-ring (bicyclic) bond motifs is 1. The number of hydrogen-bond donors (Lipinski definition) is 2. The van der Waals surface area contributed by atoms with Gasteiger partial charge < -0.3 is 10.4 Å². The van der Waals surface area contributed by atoms with Crippen LogP contribution in [0.2, 0.25) is 0 Å². The minimum absolute atomic E-state index is 0.117. The molecule has 0 aliphatic rings. The molecule has 0 bridgehead atoms. The normalized spacial score (nSPS) is 11.8. The second kappa shape index (κ2) is 5.71. The molecule has 0 aliphatic heterocycles. The molecule has 0 aromatic carbocycles. The van der Waals surface area contributed by atoms with Crippen molar-refractivity contribution in [1.29, 1.82) is 0 Å². The summed E-state index contributed by atoms with van der Waals surface area (Å²) in [7, 11) is 1.80. The second-order valence-electron chi connectivity index (χ2n) is 5.32. The third-order valence-electron chi connectivity index (χ3n) is 4.41. The zero-order valence-corrected chi connectivity index (χ0v) is 13.0. The molecule has 0 unspecified atom stereocenters. The van der Waals surface area contributed by atoms with Crippen LogP contribution < -0.4 is 5.32 Å². The van der Waals surface area contributed by atoms with Crippen molar-refractivity contribution in [3.63, 3.8) is 0 Å². The highest BCUT2D eigenvalue weighted by molar-refractivity contribution is 6.03. The molecular weight excluding hydrogens is 268 g/mol. The number of rotatable bonds is 6. The molecule has 6 nitrogen and oxygen atoms in total. The Morgan fingerprint density at radius 3 is 2.43 bits per heavy atom. The summed E-state index contributed by atoms with van der Waals surface area (Å²) >= 11 is 0. The van der Waals surface area contributed by atoms with E-state index < -0.39 is 5.97 Å². The first kappa shape index (κ1) is 15.3. The van der Waals surface area contributed by atoms with Crippen LogP contribution in [-0.2, 0) is 7.05 Å². The van der Waals surface area contributed by atoms with Crippen molar-refractivity contribution in [3.8, 4) is 0 Å². The Bertz CT molecular complexity index is 651. The number of hydrogen-bond acceptors (Lipinski definition) is 4. The van der Waals surface area contributed by atoms with Gasteiger partial charge in [0.15, 0.2) is 5.65 Å². The van der Waals surface area contributed by atoms with E-state index in [0.29, 0.717) is 11.3 Å². The van der Waals surface area contributed by atoms with Gasteiger partial charge in [0, 0.05) is 18.8 Å². The summed E-state index contributed by atoms with van der Waals surface area (Å²) in [6.45, 7) is 6.34. The molecule has 0 fully saturated rings. The van der Waals surface area contributed by atoms with E-state index in [1.807, 2.05) is 0 Å². The molecule has 0 saturated carbocycles. The van der Waals surface area contributed by atoms with Crippen LogP contribution in [0.25, 0.3) is 11.0 Å². The lowest BCUT2D eigenvalue weighted by atomic mass is 9.89. The van der Waals surface area contributed by atoms with E-state index in [2.05, 4.69) is 36.2 Å². The van der Waals surface area contributed by atoms with Crippen LogP contribution in [-0.4, -0.2) is 31.4 Å². The molecule has 21 heavy (non-hydrogen) atoms. The van der Waals surface area contributed by atoms with Gasteiger partial charge in [-0.2, -0.15) is 5.10 Å². The van der Waals surface area contributed by atoms with Crippen LogP contribution in [0.1, 0.15) is 50.4 Å². The maximum atomic E-state index is 11.5. The zero-order valence-electron chi connectivity index (χ0n) is 13.0. The van der Waals surface area contributed by atoms with Gasteiger partial charge >= 0.3 is 5.97 Å². The van der Waals surface area contributed by atoms with Crippen LogP contribution in [0.4, 0.5) is 5.69 Å². The fourth-order valence-corrected chi connectivity index (χ4v) is 2.67. The largest absolute Gasteiger partial charge is 0.478 e. The lowest BCUT2D eigenvalue weighted by Gasteiger charge is -2.33. The Kier molecular flexibility index (Phi) is 4.16. The SMILES string of the molecule is CCC(CC)(CC)Nc1c(C(=O)O)cnc2c1cnn2C. The van der Waals surface area contributed by atoms with Crippen molar-refractivity contribution in [2.24, 2.45) is 7.05 Å². The standard InChI is InChI=1S/C15H22N4O2/c1-5-15(6-2,7-3)18-12-10-9-17-19(4)13(10)16-8-11(12)14(20)21/h8-9H,5-7H2,1-4H3,(H,16,18)(H,20,21). The van der Waals surface area contributed by atoms with Gasteiger partial charge in [-0.05, 0) is 19.3 Å². The van der Waals surface area contributed by atoms with Crippen LogP contribution >= 0.6 is 0 Å². The summed E-state index contributed by atoms with van der Waals surface area (Å²) < 4.78 is 1.65. The summed E-state index contributed by atoms with van der Waals surface area (Å²) in [5.41, 5.74) is 1.37. The molecule has 2 aromatic heterocycles. The number of carbonyl (C=O) groups is 1. The lowest BCUT2D eigenvalue weighted by molar-refractivity contribution is 0.0697. The number of aromatic carboxylic acids is 1. The first-order valence-electron chi connectivity index (χ1n) is 7.30. The molecular formula is C15H22N4O2. The van der Waals surface area contributed by atoms with Crippen molar-refractivity contribution in [3.05, 3.63) is 18.0 Å². The molecule has 0 amide bonds. The fraction of sp³-hybridized carbons (Fsp3) is 0.533. The van der Waals surface area contributed by atoms with Crippen LogP contribution in [0.5, 0.6) is 0 Å². The van der Waals surface area contributed by atoms with E-state index in [4.69, 9.17) is 0 Å². The Balaban J connectivity index is 2.64. The first-order chi connectivity index (χ1) is 9.98. The number of carboxylic acids is 1. The van der Waals surface area contributed by atoms with Gasteiger partial charge in [0.25, 0.3) is 0 Å². The third kappa shape index (κ3) is 2.57. The van der Waals surface area contributed by atoms with Crippen LogP contribution in [0.3, 0.4) is 0 Å². The minimum Gasteiger partial charge on any atom is -0.478 e. The van der Waals surface area contributed by atoms with E-state index in [1.54, 1.807) is 17.9 Å². The number of nitrogens with one attached hydrogen (secondary N) is 1. The first-order valence-corrected chi connectivity index (χ1v) is 7.30. The van der Waals surface area contributed by atoms with Crippen molar-refractivity contribution in [2.45, 2.75) is 45.6 Å². The molecule has 6 heteroatoms. The minimum atomic E-state index is -0.979. The smallest absolute Gasteiger partial charge is 0.339 e. The Morgan fingerprint density at radius 1 is 1.29 bits per heavy atom. The highest BCUT2D eigenvalue weighted by Gasteiger charge is 2.27. The molecule has 0 spiro atoms. The van der Waals surface area contributed by atoms with Crippen molar-refractivity contribution >= 4 is 22.7 Å². The summed E-state index contributed by atoms with van der Waals surface area (Å²) in [6.07, 6.45) is 5.83. The topological polar surface area (TPSA) is 80.0 Å². The highest BCUT2D eigenvalue weighted by atomic mass is 16.4. The molecule has 114 valence electrons. The number of aromatic nitrogens is 3. The second-order valence-corrected chi connectivity index (χ2v) is 5.32. The molecule has 0 atom stereocenters. The van der Waals surface area contributed by atoms with E-state index >= 15 is 0 Å². The predicted octanol–water partition coefficient (Wildman–Crippen LogP) is 3.05. The van der Waals surface area contributed by atoms with Gasteiger partial charge in [-0.1, -0.05) is 20.8 Å². The maximum absolute atomic E-state index is 11.5. The Labute approximate surface area is 124 Å². The summed E-state index contributed by atoms with van der Waals surface area (Å²) in [5.74, 6) is -0.979. The van der Waals surface area contributed by atoms with Crippen molar-refractivity contribution in [2.75, 3.05) is 5.32 Å². The average Bonchev–Trinajstić information content (AvgIpc) is 2.87. The molecule has 0 saturated heterocycles. The summed E-state index contributed by atoms with van der Waals surface area (Å²) in [4.78, 5) is 15.7. The average molecular weight is 290 g/mol. The Hall–Kier alpha value is -2.11. The van der Waals surface area contributed by atoms with E-state index in [9.17, 15) is 9.90 Å². The number of anilines is 1. The monoisotopic (exact) mass is 290 g/mol. The zero-order chi connectivity index (χ0) is 15.6. The van der Waals surface area contributed by atoms with Crippen LogP contribution in [0.15, 0.2) is 12.4 Å². The van der Waals surface area contributed by atoms with Crippen molar-refractivity contribution in [1.82, 2.24) is 14.8 Å². The lowest BCUT2D eigenvalue weighted by Crippen LogP contribution is -2.36.